The first-order chi connectivity index (χ1) is 19.5. The van der Waals surface area contributed by atoms with Crippen LogP contribution in [0.15, 0.2) is 24.3 Å². The quantitative estimate of drug-likeness (QED) is 0.217. The number of rotatable bonds is 10. The Bertz CT molecular complexity index is 1040. The Morgan fingerprint density at radius 2 is 1.73 bits per heavy atom. The van der Waals surface area contributed by atoms with Crippen molar-refractivity contribution in [2.45, 2.75) is 104 Å². The van der Waals surface area contributed by atoms with Gasteiger partial charge in [0.15, 0.2) is 0 Å². The van der Waals surface area contributed by atoms with E-state index in [9.17, 15) is 25.1 Å². The first-order valence-electron chi connectivity index (χ1n) is 16.2. The molecule has 4 saturated carbocycles. The van der Waals surface area contributed by atoms with E-state index in [4.69, 9.17) is 4.74 Å². The van der Waals surface area contributed by atoms with Crippen molar-refractivity contribution in [3.8, 4) is 5.75 Å². The molecule has 5 N–H and O–H groups in total. The fourth-order valence-corrected chi connectivity index (χ4v) is 10.0. The van der Waals surface area contributed by atoms with Crippen LogP contribution < -0.4 is 15.5 Å². The van der Waals surface area contributed by atoms with Crippen LogP contribution in [0.4, 0.5) is 0 Å². The van der Waals surface area contributed by atoms with Crippen LogP contribution in [0.3, 0.4) is 0 Å². The second-order valence-corrected chi connectivity index (χ2v) is 14.5. The van der Waals surface area contributed by atoms with Gasteiger partial charge in [-0.15, -0.1) is 0 Å². The van der Waals surface area contributed by atoms with Gasteiger partial charge in [0.1, 0.15) is 5.75 Å². The molecule has 5 rings (SSSR count). The maximum Gasteiger partial charge on any atom is 0.488 e. The van der Waals surface area contributed by atoms with E-state index in [1.54, 1.807) is 24.3 Å². The van der Waals surface area contributed by atoms with Gasteiger partial charge in [-0.25, -0.2) is 0 Å². The molecule has 8 heteroatoms. The minimum atomic E-state index is -1.48. The van der Waals surface area contributed by atoms with Crippen LogP contribution >= 0.6 is 0 Å². The maximum absolute atomic E-state index is 12.6. The lowest BCUT2D eigenvalue weighted by atomic mass is 9.43. The Labute approximate surface area is 246 Å². The summed E-state index contributed by atoms with van der Waals surface area (Å²) in [6, 6.07) is 6.67. The predicted molar refractivity (Wildman–Crippen MR) is 160 cm³/mol. The van der Waals surface area contributed by atoms with Gasteiger partial charge >= 0.3 is 7.12 Å². The van der Waals surface area contributed by atoms with Gasteiger partial charge < -0.3 is 30.3 Å². The zero-order valence-corrected chi connectivity index (χ0v) is 25.3. The third kappa shape index (κ3) is 6.22. The summed E-state index contributed by atoms with van der Waals surface area (Å²) >= 11 is 0. The lowest BCUT2D eigenvalue weighted by Crippen LogP contribution is -2.58. The highest BCUT2D eigenvalue weighted by atomic mass is 16.5. The summed E-state index contributed by atoms with van der Waals surface area (Å²) in [7, 11) is -1.48. The Hall–Kier alpha value is -1.61. The van der Waals surface area contributed by atoms with E-state index in [2.05, 4.69) is 26.1 Å². The van der Waals surface area contributed by atoms with Gasteiger partial charge in [0.2, 0.25) is 5.91 Å². The number of aliphatic hydroxyl groups excluding tert-OH is 2. The number of benzene rings is 1. The molecule has 0 saturated heterocycles. The molecule has 0 radical (unpaired) electrons. The summed E-state index contributed by atoms with van der Waals surface area (Å²) in [5.41, 5.74) is 0.916. The van der Waals surface area contributed by atoms with Crippen LogP contribution in [-0.4, -0.2) is 58.6 Å². The first-order valence-corrected chi connectivity index (χ1v) is 16.2. The molecule has 10 atom stereocenters. The normalized spacial score (nSPS) is 38.8. The van der Waals surface area contributed by atoms with E-state index in [0.29, 0.717) is 72.7 Å². The van der Waals surface area contributed by atoms with Gasteiger partial charge in [-0.3, -0.25) is 4.79 Å². The van der Waals surface area contributed by atoms with Crippen LogP contribution in [-0.2, 0) is 4.79 Å². The second-order valence-electron chi connectivity index (χ2n) is 14.5. The molecule has 0 aromatic heterocycles. The lowest BCUT2D eigenvalue weighted by molar-refractivity contribution is -0.174. The Morgan fingerprint density at radius 3 is 2.46 bits per heavy atom. The monoisotopic (exact) mass is 569 g/mol. The van der Waals surface area contributed by atoms with Crippen molar-refractivity contribution in [3.63, 3.8) is 0 Å². The number of fused-ring (bicyclic) bond motifs is 5. The molecule has 4 aliphatic carbocycles. The van der Waals surface area contributed by atoms with Crippen LogP contribution in [0.25, 0.3) is 0 Å². The van der Waals surface area contributed by atoms with Gasteiger partial charge in [-0.1, -0.05) is 32.9 Å². The molecular weight excluding hydrogens is 517 g/mol. The Kier molecular flexibility index (Phi) is 9.44. The zero-order valence-electron chi connectivity index (χ0n) is 25.3. The highest BCUT2D eigenvalue weighted by molar-refractivity contribution is 6.58. The van der Waals surface area contributed by atoms with Crippen molar-refractivity contribution in [2.75, 3.05) is 13.2 Å². The number of hydrogen-bond acceptors (Lipinski definition) is 6. The first kappa shape index (κ1) is 30.8. The molecule has 0 bridgehead atoms. The summed E-state index contributed by atoms with van der Waals surface area (Å²) in [6.07, 6.45) is 10.2. The molecule has 1 amide bonds. The number of amides is 1. The summed E-state index contributed by atoms with van der Waals surface area (Å²) < 4.78 is 5.69. The maximum atomic E-state index is 12.6. The smallest absolute Gasteiger partial charge is 0.488 e. The van der Waals surface area contributed by atoms with Gasteiger partial charge in [0, 0.05) is 13.0 Å². The molecule has 7 nitrogen and oxygen atoms in total. The molecule has 1 unspecified atom stereocenters. The van der Waals surface area contributed by atoms with Crippen molar-refractivity contribution in [1.29, 1.82) is 0 Å². The van der Waals surface area contributed by atoms with E-state index in [1.165, 1.54) is 25.7 Å². The topological polar surface area (TPSA) is 119 Å². The molecule has 1 aromatic rings. The van der Waals surface area contributed by atoms with E-state index >= 15 is 0 Å². The van der Waals surface area contributed by atoms with Crippen LogP contribution in [0, 0.1) is 46.3 Å². The van der Waals surface area contributed by atoms with Gasteiger partial charge in [-0.2, -0.15) is 0 Å². The van der Waals surface area contributed by atoms with E-state index < -0.39 is 7.12 Å². The molecule has 1 aromatic carbocycles. The Balaban J connectivity index is 1.07. The minimum absolute atomic E-state index is 0.0997. The number of ether oxygens (including phenoxy) is 1. The molecule has 41 heavy (non-hydrogen) atoms. The summed E-state index contributed by atoms with van der Waals surface area (Å²) in [6.45, 7) is 8.35. The molecule has 0 heterocycles. The standard InChI is InChI=1S/C33H52BNO6/c1-21(5-12-30(38)35-17-4-18-41-25-8-6-23(7-9-25)34(39)40)26-10-11-27-31-28(14-16-33(26,27)3)32(2)15-13-24(36)19-22(32)20-29(31)37/h6-9,21-22,24,26-29,31,36-37,39-40H,4-5,10-20H2,1-3H3,(H,35,38)/t21-,22+,24-,26-,27+,28+,29+,31?,32+,33-/m1/s1. The zero-order chi connectivity index (χ0) is 29.4. The molecule has 228 valence electrons. The van der Waals surface area contributed by atoms with Gasteiger partial charge in [0.05, 0.1) is 18.8 Å². The second kappa shape index (κ2) is 12.6. The number of carbonyl (C=O) groups excluding carboxylic acids is 1. The minimum Gasteiger partial charge on any atom is -0.494 e. The van der Waals surface area contributed by atoms with Crippen LogP contribution in [0.1, 0.15) is 91.4 Å². The highest BCUT2D eigenvalue weighted by Crippen LogP contribution is 2.68. The number of carbonyl (C=O) groups is 1. The van der Waals surface area contributed by atoms with Crippen LogP contribution in [0.5, 0.6) is 5.75 Å². The average Bonchev–Trinajstić information content (AvgIpc) is 3.30. The number of aliphatic hydroxyl groups is 2. The Morgan fingerprint density at radius 1 is 1.02 bits per heavy atom. The summed E-state index contributed by atoms with van der Waals surface area (Å²) in [5, 5.41) is 43.2. The number of nitrogens with one attached hydrogen (secondary N) is 1. The summed E-state index contributed by atoms with van der Waals surface area (Å²) in [4.78, 5) is 12.6. The SMILES string of the molecule is C[C@H](CCC(=O)NCCCOc1ccc(B(O)O)cc1)[C@H]1CC[C@H]2C3[C@@H](O)C[C@@H]4C[C@H](O)CC[C@]4(C)[C@H]3CC[C@]12C. The van der Waals surface area contributed by atoms with Gasteiger partial charge in [0.25, 0.3) is 0 Å². The van der Waals surface area contributed by atoms with Crippen molar-refractivity contribution >= 4 is 18.5 Å². The number of hydrogen-bond donors (Lipinski definition) is 5. The fourth-order valence-electron chi connectivity index (χ4n) is 10.0. The van der Waals surface area contributed by atoms with E-state index in [-0.39, 0.29) is 28.9 Å². The van der Waals surface area contributed by atoms with E-state index in [0.717, 1.165) is 32.1 Å². The van der Waals surface area contributed by atoms with E-state index in [1.807, 2.05) is 0 Å². The highest BCUT2D eigenvalue weighted by Gasteiger charge is 2.62. The molecular formula is C33H52BNO6. The predicted octanol–water partition coefficient (Wildman–Crippen LogP) is 3.66. The van der Waals surface area contributed by atoms with Gasteiger partial charge in [-0.05, 0) is 128 Å². The molecule has 4 fully saturated rings. The fraction of sp³-hybridized carbons (Fsp3) is 0.788. The van der Waals surface area contributed by atoms with Crippen molar-refractivity contribution in [1.82, 2.24) is 5.32 Å². The lowest BCUT2D eigenvalue weighted by Gasteiger charge is -2.62. The summed E-state index contributed by atoms with van der Waals surface area (Å²) in [5.74, 6) is 3.80. The average molecular weight is 570 g/mol. The van der Waals surface area contributed by atoms with Crippen molar-refractivity contribution in [3.05, 3.63) is 24.3 Å². The van der Waals surface area contributed by atoms with Crippen molar-refractivity contribution < 1.29 is 29.8 Å². The largest absolute Gasteiger partial charge is 0.494 e. The molecule has 4 aliphatic rings. The van der Waals surface area contributed by atoms with Crippen molar-refractivity contribution in [2.24, 2.45) is 46.3 Å². The van der Waals surface area contributed by atoms with Crippen LogP contribution in [0.2, 0.25) is 0 Å². The molecule has 0 aliphatic heterocycles. The molecule has 0 spiro atoms. The third-order valence-corrected chi connectivity index (χ3v) is 12.3. The third-order valence-electron chi connectivity index (χ3n) is 12.3.